The van der Waals surface area contributed by atoms with Gasteiger partial charge in [-0.05, 0) is 61.5 Å². The van der Waals surface area contributed by atoms with Gasteiger partial charge < -0.3 is 15.4 Å². The van der Waals surface area contributed by atoms with Crippen molar-refractivity contribution in [1.29, 1.82) is 0 Å². The van der Waals surface area contributed by atoms with Gasteiger partial charge in [0.1, 0.15) is 11.6 Å². The highest BCUT2D eigenvalue weighted by Gasteiger charge is 2.09. The summed E-state index contributed by atoms with van der Waals surface area (Å²) < 4.78 is 18.2. The van der Waals surface area contributed by atoms with Crippen molar-refractivity contribution in [2.45, 2.75) is 6.92 Å². The lowest BCUT2D eigenvalue weighted by Crippen LogP contribution is -2.12. The second-order valence-electron chi connectivity index (χ2n) is 5.82. The number of amides is 1. The molecule has 2 N–H and O–H groups in total. The second-order valence-corrected chi connectivity index (χ2v) is 5.82. The van der Waals surface area contributed by atoms with Gasteiger partial charge in [0.2, 0.25) is 0 Å². The van der Waals surface area contributed by atoms with Gasteiger partial charge in [0.25, 0.3) is 5.91 Å². The molecule has 3 rings (SSSR count). The van der Waals surface area contributed by atoms with Gasteiger partial charge in [0.05, 0.1) is 12.2 Å². The smallest absolute Gasteiger partial charge is 0.338 e. The number of ether oxygens (including phenoxy) is 1. The van der Waals surface area contributed by atoms with Crippen LogP contribution in [-0.4, -0.2) is 23.5 Å². The van der Waals surface area contributed by atoms with E-state index in [-0.39, 0.29) is 11.9 Å². The van der Waals surface area contributed by atoms with E-state index in [4.69, 9.17) is 4.74 Å². The van der Waals surface area contributed by atoms with Crippen LogP contribution in [0.4, 0.5) is 21.6 Å². The average Bonchev–Trinajstić information content (AvgIpc) is 2.69. The van der Waals surface area contributed by atoms with Gasteiger partial charge in [-0.3, -0.25) is 4.79 Å². The Kier molecular flexibility index (Phi) is 5.96. The van der Waals surface area contributed by atoms with Gasteiger partial charge >= 0.3 is 5.97 Å². The van der Waals surface area contributed by atoms with Crippen LogP contribution in [0.3, 0.4) is 0 Å². The van der Waals surface area contributed by atoms with E-state index < -0.39 is 5.82 Å². The van der Waals surface area contributed by atoms with Crippen LogP contribution in [0.2, 0.25) is 0 Å². The van der Waals surface area contributed by atoms with Crippen LogP contribution >= 0.6 is 0 Å². The maximum atomic E-state index is 13.2. The normalized spacial score (nSPS) is 10.2. The van der Waals surface area contributed by atoms with E-state index in [9.17, 15) is 14.0 Å². The molecule has 0 aliphatic carbocycles. The average molecular weight is 379 g/mol. The molecule has 2 aromatic carbocycles. The number of hydrogen-bond acceptors (Lipinski definition) is 5. The van der Waals surface area contributed by atoms with Crippen molar-refractivity contribution in [2.75, 3.05) is 17.2 Å². The van der Waals surface area contributed by atoms with E-state index in [0.29, 0.717) is 34.9 Å². The number of pyridine rings is 1. The number of anilines is 3. The number of benzene rings is 2. The summed E-state index contributed by atoms with van der Waals surface area (Å²) in [5, 5.41) is 5.70. The van der Waals surface area contributed by atoms with Crippen LogP contribution in [0.1, 0.15) is 27.6 Å². The summed E-state index contributed by atoms with van der Waals surface area (Å²) in [6.45, 7) is 2.06. The molecule has 3 aromatic rings. The highest BCUT2D eigenvalue weighted by atomic mass is 19.1. The number of nitrogens with zero attached hydrogens (tertiary/aromatic N) is 1. The summed E-state index contributed by atoms with van der Waals surface area (Å²) >= 11 is 0. The zero-order valence-corrected chi connectivity index (χ0v) is 15.1. The van der Waals surface area contributed by atoms with E-state index in [1.165, 1.54) is 24.4 Å². The largest absolute Gasteiger partial charge is 0.462 e. The lowest BCUT2D eigenvalue weighted by Gasteiger charge is -2.09. The zero-order chi connectivity index (χ0) is 19.9. The molecular weight excluding hydrogens is 361 g/mol. The van der Waals surface area contributed by atoms with Crippen molar-refractivity contribution in [3.63, 3.8) is 0 Å². The van der Waals surface area contributed by atoms with Crippen molar-refractivity contribution in [1.82, 2.24) is 4.98 Å². The maximum Gasteiger partial charge on any atom is 0.338 e. The predicted octanol–water partition coefficient (Wildman–Crippen LogP) is 4.39. The zero-order valence-electron chi connectivity index (χ0n) is 15.1. The maximum absolute atomic E-state index is 13.2. The molecule has 0 radical (unpaired) electrons. The Morgan fingerprint density at radius 1 is 1.00 bits per heavy atom. The standard InChI is InChI=1S/C21H18FN3O3/c1-2-28-21(27)14-6-8-17(9-7-14)24-19-12-15(10-11-23-19)20(26)25-18-5-3-4-16(22)13-18/h3-13H,2H2,1H3,(H,23,24)(H,25,26). The van der Waals surface area contributed by atoms with Gasteiger partial charge in [0.15, 0.2) is 0 Å². The van der Waals surface area contributed by atoms with E-state index in [1.807, 2.05) is 0 Å². The molecular formula is C21H18FN3O3. The fourth-order valence-corrected chi connectivity index (χ4v) is 2.46. The van der Waals surface area contributed by atoms with Crippen LogP contribution in [0.5, 0.6) is 0 Å². The molecule has 1 amide bonds. The minimum Gasteiger partial charge on any atom is -0.462 e. The molecule has 0 fully saturated rings. The van der Waals surface area contributed by atoms with Crippen LogP contribution in [0, 0.1) is 5.82 Å². The Bertz CT molecular complexity index is 990. The van der Waals surface area contributed by atoms with Crippen LogP contribution < -0.4 is 10.6 Å². The molecule has 28 heavy (non-hydrogen) atoms. The van der Waals surface area contributed by atoms with Crippen molar-refractivity contribution in [2.24, 2.45) is 0 Å². The molecule has 0 atom stereocenters. The molecule has 6 nitrogen and oxygen atoms in total. The highest BCUT2D eigenvalue weighted by molar-refractivity contribution is 6.04. The first-order valence-corrected chi connectivity index (χ1v) is 8.62. The molecule has 1 aromatic heterocycles. The van der Waals surface area contributed by atoms with Crippen molar-refractivity contribution in [3.05, 3.63) is 83.8 Å². The number of hydrogen-bond donors (Lipinski definition) is 2. The van der Waals surface area contributed by atoms with Crippen molar-refractivity contribution >= 4 is 29.1 Å². The minimum atomic E-state index is -0.429. The first-order valence-electron chi connectivity index (χ1n) is 8.62. The topological polar surface area (TPSA) is 80.3 Å². The van der Waals surface area contributed by atoms with Gasteiger partial charge in [-0.1, -0.05) is 6.07 Å². The Balaban J connectivity index is 1.69. The molecule has 1 heterocycles. The monoisotopic (exact) mass is 379 g/mol. The lowest BCUT2D eigenvalue weighted by molar-refractivity contribution is 0.0526. The van der Waals surface area contributed by atoms with Crippen molar-refractivity contribution < 1.29 is 18.7 Å². The molecule has 0 saturated carbocycles. The fourth-order valence-electron chi connectivity index (χ4n) is 2.46. The van der Waals surface area contributed by atoms with Crippen LogP contribution in [0.25, 0.3) is 0 Å². The third kappa shape index (κ3) is 4.91. The Hall–Kier alpha value is -3.74. The summed E-state index contributed by atoms with van der Waals surface area (Å²) in [5.74, 6) is -0.742. The fraction of sp³-hybridized carbons (Fsp3) is 0.0952. The number of nitrogens with one attached hydrogen (secondary N) is 2. The number of esters is 1. The van der Waals surface area contributed by atoms with E-state index in [2.05, 4.69) is 15.6 Å². The summed E-state index contributed by atoms with van der Waals surface area (Å²) in [7, 11) is 0. The molecule has 142 valence electrons. The lowest BCUT2D eigenvalue weighted by atomic mass is 10.2. The highest BCUT2D eigenvalue weighted by Crippen LogP contribution is 2.18. The van der Waals surface area contributed by atoms with E-state index >= 15 is 0 Å². The molecule has 0 saturated heterocycles. The molecule has 0 unspecified atom stereocenters. The van der Waals surface area contributed by atoms with Crippen molar-refractivity contribution in [3.8, 4) is 0 Å². The van der Waals surface area contributed by atoms with E-state index in [1.54, 1.807) is 49.4 Å². The minimum absolute atomic E-state index is 0.313. The first-order chi connectivity index (χ1) is 13.5. The van der Waals surface area contributed by atoms with Gasteiger partial charge in [-0.2, -0.15) is 0 Å². The summed E-state index contributed by atoms with van der Waals surface area (Å²) in [5.41, 5.74) is 1.88. The molecule has 0 spiro atoms. The van der Waals surface area contributed by atoms with Gasteiger partial charge in [-0.25, -0.2) is 14.2 Å². The first kappa shape index (κ1) is 19.0. The predicted molar refractivity (Wildman–Crippen MR) is 104 cm³/mol. The summed E-state index contributed by atoms with van der Waals surface area (Å²) in [4.78, 5) is 28.2. The quantitative estimate of drug-likeness (QED) is 0.621. The Morgan fingerprint density at radius 3 is 2.50 bits per heavy atom. The third-order valence-electron chi connectivity index (χ3n) is 3.77. The number of aromatic nitrogens is 1. The number of carbonyl (C=O) groups is 2. The number of halogens is 1. The second kappa shape index (κ2) is 8.77. The molecule has 7 heteroatoms. The molecule has 0 aliphatic rings. The Morgan fingerprint density at radius 2 is 1.79 bits per heavy atom. The van der Waals surface area contributed by atoms with Gasteiger partial charge in [-0.15, -0.1) is 0 Å². The summed E-state index contributed by atoms with van der Waals surface area (Å²) in [6, 6.07) is 15.5. The molecule has 0 bridgehead atoms. The number of carbonyl (C=O) groups excluding carboxylic acids is 2. The molecule has 0 aliphatic heterocycles. The van der Waals surface area contributed by atoms with Crippen LogP contribution in [0.15, 0.2) is 66.9 Å². The third-order valence-corrected chi connectivity index (χ3v) is 3.77. The Labute approximate surface area is 161 Å². The van der Waals surface area contributed by atoms with E-state index in [0.717, 1.165) is 0 Å². The summed E-state index contributed by atoms with van der Waals surface area (Å²) in [6.07, 6.45) is 1.50. The van der Waals surface area contributed by atoms with Crippen LogP contribution in [-0.2, 0) is 4.74 Å². The number of rotatable bonds is 6. The van der Waals surface area contributed by atoms with Gasteiger partial charge in [0, 0.05) is 23.1 Å². The SMILES string of the molecule is CCOC(=O)c1ccc(Nc2cc(C(=O)Nc3cccc(F)c3)ccn2)cc1.